The molecule has 0 unspecified atom stereocenters. The summed E-state index contributed by atoms with van der Waals surface area (Å²) in [5.41, 5.74) is -0.0101. The number of halogens is 1. The highest BCUT2D eigenvalue weighted by Crippen LogP contribution is 2.19. The van der Waals surface area contributed by atoms with Gasteiger partial charge in [0, 0.05) is 4.47 Å². The van der Waals surface area contributed by atoms with E-state index >= 15 is 0 Å². The number of hydrogen-bond acceptors (Lipinski definition) is 3. The normalized spacial score (nSPS) is 11.6. The Morgan fingerprint density at radius 2 is 1.86 bits per heavy atom. The van der Waals surface area contributed by atoms with Crippen LogP contribution in [0.1, 0.15) is 13.8 Å². The molecule has 1 rings (SSSR count). The van der Waals surface area contributed by atoms with E-state index in [1.54, 1.807) is 13.8 Å². The maximum absolute atomic E-state index is 8.70. The molecule has 0 saturated heterocycles. The quantitative estimate of drug-likeness (QED) is 0.737. The second-order valence-corrected chi connectivity index (χ2v) is 4.26. The van der Waals surface area contributed by atoms with Crippen LogP contribution in [0.4, 0.5) is 5.69 Å². The Labute approximate surface area is 91.6 Å². The molecule has 4 heteroatoms. The zero-order chi connectivity index (χ0) is 10.6. The van der Waals surface area contributed by atoms with Gasteiger partial charge in [0.25, 0.3) is 0 Å². The van der Waals surface area contributed by atoms with Crippen LogP contribution in [0.15, 0.2) is 39.0 Å². The SMILES string of the molecule is CC(C)(C#N)N=Nc1ccc(Br)cc1. The van der Waals surface area contributed by atoms with E-state index in [2.05, 4.69) is 32.2 Å². The van der Waals surface area contributed by atoms with Gasteiger partial charge in [-0.05, 0) is 38.1 Å². The molecule has 0 aliphatic carbocycles. The van der Waals surface area contributed by atoms with Gasteiger partial charge < -0.3 is 0 Å². The van der Waals surface area contributed by atoms with Crippen molar-refractivity contribution in [1.29, 1.82) is 5.26 Å². The van der Waals surface area contributed by atoms with E-state index in [9.17, 15) is 0 Å². The summed E-state index contributed by atoms with van der Waals surface area (Å²) in [6.45, 7) is 3.44. The van der Waals surface area contributed by atoms with Gasteiger partial charge in [0.1, 0.15) is 0 Å². The van der Waals surface area contributed by atoms with Crippen molar-refractivity contribution >= 4 is 21.6 Å². The largest absolute Gasteiger partial charge is 0.196 e. The molecular weight excluding hydrogens is 242 g/mol. The average molecular weight is 252 g/mol. The van der Waals surface area contributed by atoms with Crippen LogP contribution in [0, 0.1) is 11.3 Å². The number of nitriles is 1. The van der Waals surface area contributed by atoms with Gasteiger partial charge in [-0.3, -0.25) is 0 Å². The topological polar surface area (TPSA) is 48.5 Å². The third-order valence-electron chi connectivity index (χ3n) is 1.52. The lowest BCUT2D eigenvalue weighted by molar-refractivity contribution is 0.634. The summed E-state index contributed by atoms with van der Waals surface area (Å²) in [7, 11) is 0. The van der Waals surface area contributed by atoms with Crippen LogP contribution in [0.3, 0.4) is 0 Å². The summed E-state index contributed by atoms with van der Waals surface area (Å²) in [5, 5.41) is 16.6. The van der Waals surface area contributed by atoms with E-state index < -0.39 is 5.54 Å². The fourth-order valence-corrected chi connectivity index (χ4v) is 0.977. The Morgan fingerprint density at radius 3 is 2.36 bits per heavy atom. The van der Waals surface area contributed by atoms with E-state index in [1.807, 2.05) is 24.3 Å². The Bertz CT molecular complexity index is 373. The van der Waals surface area contributed by atoms with Crippen molar-refractivity contribution in [2.45, 2.75) is 19.4 Å². The molecule has 14 heavy (non-hydrogen) atoms. The zero-order valence-electron chi connectivity index (χ0n) is 8.03. The minimum absolute atomic E-state index is 0.747. The van der Waals surface area contributed by atoms with Crippen molar-refractivity contribution in [2.75, 3.05) is 0 Å². The molecule has 0 heterocycles. The van der Waals surface area contributed by atoms with Gasteiger partial charge in [-0.15, -0.1) is 0 Å². The molecule has 0 bridgehead atoms. The molecule has 0 radical (unpaired) electrons. The van der Waals surface area contributed by atoms with E-state index in [0.29, 0.717) is 0 Å². The molecule has 0 fully saturated rings. The molecular formula is C10H10BrN3. The van der Waals surface area contributed by atoms with Crippen LogP contribution in [-0.4, -0.2) is 5.54 Å². The lowest BCUT2D eigenvalue weighted by atomic mass is 10.1. The van der Waals surface area contributed by atoms with Gasteiger partial charge in [0.2, 0.25) is 0 Å². The number of rotatable bonds is 2. The molecule has 1 aromatic rings. The van der Waals surface area contributed by atoms with E-state index in [0.717, 1.165) is 10.2 Å². The van der Waals surface area contributed by atoms with Gasteiger partial charge in [0.15, 0.2) is 5.54 Å². The van der Waals surface area contributed by atoms with Crippen LogP contribution in [0.25, 0.3) is 0 Å². The van der Waals surface area contributed by atoms with Gasteiger partial charge in [-0.2, -0.15) is 15.5 Å². The average Bonchev–Trinajstić information content (AvgIpc) is 2.17. The monoisotopic (exact) mass is 251 g/mol. The maximum atomic E-state index is 8.70. The first-order chi connectivity index (χ1) is 6.53. The standard InChI is InChI=1S/C10H10BrN3/c1-10(2,7-12)14-13-9-5-3-8(11)4-6-9/h3-6H,1-2H3. The van der Waals surface area contributed by atoms with Crippen molar-refractivity contribution in [3.8, 4) is 6.07 Å². The number of nitrogens with zero attached hydrogens (tertiary/aromatic N) is 3. The van der Waals surface area contributed by atoms with Crippen LogP contribution >= 0.6 is 15.9 Å². The van der Waals surface area contributed by atoms with Crippen molar-refractivity contribution < 1.29 is 0 Å². The lowest BCUT2D eigenvalue weighted by Crippen LogP contribution is -2.10. The molecule has 72 valence electrons. The number of azo groups is 1. The zero-order valence-corrected chi connectivity index (χ0v) is 9.62. The number of hydrogen-bond donors (Lipinski definition) is 0. The highest BCUT2D eigenvalue weighted by Gasteiger charge is 2.13. The van der Waals surface area contributed by atoms with Crippen molar-refractivity contribution in [3.05, 3.63) is 28.7 Å². The fraction of sp³-hybridized carbons (Fsp3) is 0.300. The van der Waals surface area contributed by atoms with Crippen LogP contribution in [0.5, 0.6) is 0 Å². The molecule has 0 amide bonds. The Morgan fingerprint density at radius 1 is 1.29 bits per heavy atom. The second-order valence-electron chi connectivity index (χ2n) is 3.35. The molecule has 0 N–H and O–H groups in total. The van der Waals surface area contributed by atoms with E-state index in [1.165, 1.54) is 0 Å². The predicted molar refractivity (Wildman–Crippen MR) is 58.4 cm³/mol. The Hall–Kier alpha value is -1.21. The molecule has 0 atom stereocenters. The maximum Gasteiger partial charge on any atom is 0.162 e. The third kappa shape index (κ3) is 3.27. The fourth-order valence-electron chi connectivity index (χ4n) is 0.713. The summed E-state index contributed by atoms with van der Waals surface area (Å²) < 4.78 is 0.996. The molecule has 0 aromatic heterocycles. The van der Waals surface area contributed by atoms with Crippen LogP contribution in [-0.2, 0) is 0 Å². The van der Waals surface area contributed by atoms with Crippen molar-refractivity contribution in [3.63, 3.8) is 0 Å². The molecule has 0 aliphatic heterocycles. The predicted octanol–water partition coefficient (Wildman–Crippen LogP) is 3.83. The summed E-state index contributed by atoms with van der Waals surface area (Å²) >= 11 is 3.33. The summed E-state index contributed by atoms with van der Waals surface area (Å²) in [6.07, 6.45) is 0. The van der Waals surface area contributed by atoms with Crippen molar-refractivity contribution in [2.24, 2.45) is 10.2 Å². The minimum atomic E-state index is -0.757. The second kappa shape index (κ2) is 4.34. The summed E-state index contributed by atoms with van der Waals surface area (Å²) in [6, 6.07) is 9.49. The molecule has 3 nitrogen and oxygen atoms in total. The Balaban J connectivity index is 2.80. The summed E-state index contributed by atoms with van der Waals surface area (Å²) in [5.74, 6) is 0. The van der Waals surface area contributed by atoms with Crippen LogP contribution in [0.2, 0.25) is 0 Å². The van der Waals surface area contributed by atoms with Crippen molar-refractivity contribution in [1.82, 2.24) is 0 Å². The Kier molecular flexibility index (Phi) is 3.37. The van der Waals surface area contributed by atoms with Gasteiger partial charge in [-0.1, -0.05) is 15.9 Å². The first-order valence-electron chi connectivity index (χ1n) is 4.13. The third-order valence-corrected chi connectivity index (χ3v) is 2.04. The first-order valence-corrected chi connectivity index (χ1v) is 4.92. The highest BCUT2D eigenvalue weighted by molar-refractivity contribution is 9.10. The van der Waals surface area contributed by atoms with Gasteiger partial charge >= 0.3 is 0 Å². The van der Waals surface area contributed by atoms with Gasteiger partial charge in [-0.25, -0.2) is 0 Å². The smallest absolute Gasteiger partial charge is 0.162 e. The number of benzene rings is 1. The molecule has 0 saturated carbocycles. The summed E-state index contributed by atoms with van der Waals surface area (Å²) in [4.78, 5) is 0. The molecule has 0 spiro atoms. The highest BCUT2D eigenvalue weighted by atomic mass is 79.9. The van der Waals surface area contributed by atoms with E-state index in [4.69, 9.17) is 5.26 Å². The molecule has 0 aliphatic rings. The van der Waals surface area contributed by atoms with Crippen LogP contribution < -0.4 is 0 Å². The van der Waals surface area contributed by atoms with Gasteiger partial charge in [0.05, 0.1) is 11.8 Å². The first kappa shape index (κ1) is 10.9. The minimum Gasteiger partial charge on any atom is -0.196 e. The molecule has 1 aromatic carbocycles. The van der Waals surface area contributed by atoms with E-state index in [-0.39, 0.29) is 0 Å². The lowest BCUT2D eigenvalue weighted by Gasteiger charge is -2.05.